The minimum absolute atomic E-state index is 0.159. The van der Waals surface area contributed by atoms with Gasteiger partial charge in [-0.15, -0.1) is 0 Å². The smallest absolute Gasteiger partial charge is 0.378 e. The molecular weight excluding hydrogens is 473 g/mol. The van der Waals surface area contributed by atoms with E-state index in [0.29, 0.717) is 55.4 Å². The maximum atomic E-state index is 13.1. The molecule has 0 atom stereocenters. The van der Waals surface area contributed by atoms with Crippen molar-refractivity contribution in [2.24, 2.45) is 5.73 Å². The number of nitrogens with zero attached hydrogens (tertiary/aromatic N) is 3. The third-order valence-corrected chi connectivity index (χ3v) is 6.13. The van der Waals surface area contributed by atoms with Gasteiger partial charge in [0.2, 0.25) is 0 Å². The van der Waals surface area contributed by atoms with Crippen LogP contribution in [0.5, 0.6) is 0 Å². The summed E-state index contributed by atoms with van der Waals surface area (Å²) in [4.78, 5) is 32.4. The van der Waals surface area contributed by atoms with Crippen molar-refractivity contribution < 1.29 is 22.7 Å². The lowest BCUT2D eigenvalue weighted by Crippen LogP contribution is -2.40. The molecule has 1 aromatic carbocycles. The van der Waals surface area contributed by atoms with E-state index in [1.54, 1.807) is 29.8 Å². The number of hydrogen-bond donors (Lipinski definition) is 1. The number of aromatic nitrogens is 2. The third kappa shape index (κ3) is 5.66. The number of aryl methyl sites for hydroxylation is 1. The van der Waals surface area contributed by atoms with E-state index in [1.807, 2.05) is 4.90 Å². The van der Waals surface area contributed by atoms with E-state index in [-0.39, 0.29) is 35.4 Å². The van der Waals surface area contributed by atoms with Crippen LogP contribution >= 0.6 is 0 Å². The first-order chi connectivity index (χ1) is 17.2. The second-order valence-electron chi connectivity index (χ2n) is 8.66. The van der Waals surface area contributed by atoms with Crippen molar-refractivity contribution in [3.8, 4) is 11.1 Å². The Kier molecular flexibility index (Phi) is 7.56. The Hall–Kier alpha value is -3.50. The molecule has 1 aliphatic rings. The van der Waals surface area contributed by atoms with Crippen molar-refractivity contribution in [3.63, 3.8) is 0 Å². The van der Waals surface area contributed by atoms with Crippen LogP contribution < -0.4 is 16.2 Å². The Morgan fingerprint density at radius 3 is 2.61 bits per heavy atom. The first-order valence-corrected chi connectivity index (χ1v) is 11.6. The average molecular weight is 501 g/mol. The van der Waals surface area contributed by atoms with E-state index < -0.39 is 11.7 Å². The lowest BCUT2D eigenvalue weighted by atomic mass is 9.98. The fraction of sp³-hybridized carbons (Fsp3) is 0.346. The van der Waals surface area contributed by atoms with Gasteiger partial charge in [-0.25, -0.2) is 0 Å². The quantitative estimate of drug-likeness (QED) is 0.500. The number of nitrogens with two attached hydrogens (primary N) is 1. The first kappa shape index (κ1) is 25.6. The van der Waals surface area contributed by atoms with Gasteiger partial charge in [0.25, 0.3) is 5.56 Å². The fourth-order valence-corrected chi connectivity index (χ4v) is 4.23. The van der Waals surface area contributed by atoms with Crippen molar-refractivity contribution >= 4 is 11.5 Å². The zero-order valence-electron chi connectivity index (χ0n) is 19.8. The summed E-state index contributed by atoms with van der Waals surface area (Å²) in [5.74, 6) is -0.355. The van der Waals surface area contributed by atoms with Crippen LogP contribution in [-0.4, -0.2) is 48.2 Å². The van der Waals surface area contributed by atoms with E-state index in [4.69, 9.17) is 10.5 Å². The van der Waals surface area contributed by atoms with Gasteiger partial charge in [0.15, 0.2) is 5.78 Å². The van der Waals surface area contributed by atoms with Crippen LogP contribution in [0, 0.1) is 6.92 Å². The molecule has 0 amide bonds. The molecule has 36 heavy (non-hydrogen) atoms. The fourth-order valence-electron chi connectivity index (χ4n) is 4.23. The molecule has 0 unspecified atom stereocenters. The number of morpholine rings is 1. The van der Waals surface area contributed by atoms with Gasteiger partial charge in [-0.2, -0.15) is 13.2 Å². The molecule has 10 heteroatoms. The van der Waals surface area contributed by atoms with Crippen LogP contribution in [0.4, 0.5) is 18.9 Å². The topological polar surface area (TPSA) is 90.5 Å². The number of halogens is 3. The molecule has 2 N–H and O–H groups in total. The van der Waals surface area contributed by atoms with Gasteiger partial charge in [-0.3, -0.25) is 14.6 Å². The van der Waals surface area contributed by atoms with Gasteiger partial charge in [0.05, 0.1) is 18.8 Å². The standard InChI is InChI=1S/C26H27F3N4O3/c1-17-22(20-14-23(32-7-9-36-10-8-32)25(35)33(16-20)6-5-30)13-19(15-31-17)24(34)12-18-3-2-4-21(11-18)26(27,28)29/h2-4,11,13-16H,5-10,12,30H2,1H3. The highest BCUT2D eigenvalue weighted by Gasteiger charge is 2.30. The normalized spacial score (nSPS) is 14.2. The van der Waals surface area contributed by atoms with Crippen molar-refractivity contribution in [1.82, 2.24) is 9.55 Å². The van der Waals surface area contributed by atoms with Crippen LogP contribution in [0.2, 0.25) is 0 Å². The molecule has 0 saturated carbocycles. The molecule has 1 aliphatic heterocycles. The molecule has 0 spiro atoms. The summed E-state index contributed by atoms with van der Waals surface area (Å²) in [7, 11) is 0. The van der Waals surface area contributed by atoms with Crippen molar-refractivity contribution in [2.75, 3.05) is 37.7 Å². The van der Waals surface area contributed by atoms with Gasteiger partial charge in [0, 0.05) is 67.4 Å². The average Bonchev–Trinajstić information content (AvgIpc) is 2.86. The summed E-state index contributed by atoms with van der Waals surface area (Å²) < 4.78 is 46.1. The third-order valence-electron chi connectivity index (χ3n) is 6.13. The van der Waals surface area contributed by atoms with Crippen LogP contribution in [0.25, 0.3) is 11.1 Å². The maximum Gasteiger partial charge on any atom is 0.416 e. The summed E-state index contributed by atoms with van der Waals surface area (Å²) in [6, 6.07) is 8.20. The molecule has 0 bridgehead atoms. The highest BCUT2D eigenvalue weighted by Crippen LogP contribution is 2.30. The highest BCUT2D eigenvalue weighted by atomic mass is 19.4. The number of benzene rings is 1. The van der Waals surface area contributed by atoms with Crippen molar-refractivity contribution in [1.29, 1.82) is 0 Å². The zero-order chi connectivity index (χ0) is 25.9. The van der Waals surface area contributed by atoms with Crippen molar-refractivity contribution in [3.05, 3.63) is 81.5 Å². The first-order valence-electron chi connectivity index (χ1n) is 11.6. The minimum atomic E-state index is -4.48. The zero-order valence-corrected chi connectivity index (χ0v) is 19.8. The molecule has 3 heterocycles. The Morgan fingerprint density at radius 2 is 1.92 bits per heavy atom. The maximum absolute atomic E-state index is 13.1. The number of Topliss-reactive ketones (excluding diaryl/α,β-unsaturated/α-hetero) is 1. The molecule has 190 valence electrons. The summed E-state index contributed by atoms with van der Waals surface area (Å²) >= 11 is 0. The molecule has 4 rings (SSSR count). The number of carbonyl (C=O) groups excluding carboxylic acids is 1. The number of ketones is 1. The minimum Gasteiger partial charge on any atom is -0.378 e. The summed E-state index contributed by atoms with van der Waals surface area (Å²) in [5, 5.41) is 0. The van der Waals surface area contributed by atoms with Gasteiger partial charge < -0.3 is 19.9 Å². The molecular formula is C26H27F3N4O3. The highest BCUT2D eigenvalue weighted by molar-refractivity contribution is 5.98. The van der Waals surface area contributed by atoms with E-state index in [1.165, 1.54) is 18.3 Å². The van der Waals surface area contributed by atoms with Gasteiger partial charge in [-0.05, 0) is 30.7 Å². The van der Waals surface area contributed by atoms with Gasteiger partial charge >= 0.3 is 6.18 Å². The molecule has 1 fully saturated rings. The van der Waals surface area contributed by atoms with Crippen LogP contribution in [0.15, 0.2) is 53.6 Å². The Labute approximate surface area is 206 Å². The number of anilines is 1. The molecule has 0 radical (unpaired) electrons. The molecule has 0 aliphatic carbocycles. The van der Waals surface area contributed by atoms with Crippen molar-refractivity contribution in [2.45, 2.75) is 26.1 Å². The summed E-state index contributed by atoms with van der Waals surface area (Å²) in [5.41, 5.74) is 7.84. The number of pyridine rings is 2. The van der Waals surface area contributed by atoms with E-state index >= 15 is 0 Å². The number of ether oxygens (including phenoxy) is 1. The van der Waals surface area contributed by atoms with Gasteiger partial charge in [0.1, 0.15) is 5.69 Å². The predicted octanol–water partition coefficient (Wildman–Crippen LogP) is 3.46. The number of alkyl halides is 3. The van der Waals surface area contributed by atoms with Crippen LogP contribution in [-0.2, 0) is 23.9 Å². The second-order valence-corrected chi connectivity index (χ2v) is 8.66. The monoisotopic (exact) mass is 500 g/mol. The Balaban J connectivity index is 1.69. The Morgan fingerprint density at radius 1 is 1.17 bits per heavy atom. The van der Waals surface area contributed by atoms with E-state index in [2.05, 4.69) is 4.98 Å². The van der Waals surface area contributed by atoms with Gasteiger partial charge in [-0.1, -0.05) is 18.2 Å². The largest absolute Gasteiger partial charge is 0.416 e. The number of rotatable bonds is 7. The lowest BCUT2D eigenvalue weighted by Gasteiger charge is -2.29. The molecule has 7 nitrogen and oxygen atoms in total. The summed E-state index contributed by atoms with van der Waals surface area (Å²) in [6.45, 7) is 4.58. The number of carbonyl (C=O) groups is 1. The summed E-state index contributed by atoms with van der Waals surface area (Å²) in [6.07, 6.45) is -1.56. The Bertz CT molecular complexity index is 1310. The van der Waals surface area contributed by atoms with Crippen LogP contribution in [0.1, 0.15) is 27.2 Å². The molecule has 2 aromatic heterocycles. The number of hydrogen-bond acceptors (Lipinski definition) is 6. The second kappa shape index (κ2) is 10.6. The van der Waals surface area contributed by atoms with E-state index in [9.17, 15) is 22.8 Å². The predicted molar refractivity (Wildman–Crippen MR) is 130 cm³/mol. The molecule has 3 aromatic rings. The molecule has 1 saturated heterocycles. The van der Waals surface area contributed by atoms with E-state index in [0.717, 1.165) is 12.1 Å². The SMILES string of the molecule is Cc1ncc(C(=O)Cc2cccc(C(F)(F)F)c2)cc1-c1cc(N2CCOCC2)c(=O)n(CCN)c1. The lowest BCUT2D eigenvalue weighted by molar-refractivity contribution is -0.137. The van der Waals surface area contributed by atoms with Crippen LogP contribution in [0.3, 0.4) is 0 Å².